The van der Waals surface area contributed by atoms with Crippen LogP contribution >= 0.6 is 24.0 Å². The number of piperidine rings is 1. The van der Waals surface area contributed by atoms with Gasteiger partial charge in [0.2, 0.25) is 0 Å². The quantitative estimate of drug-likeness (QED) is 0.417. The minimum Gasteiger partial charge on any atom is -0.357 e. The first-order valence-corrected chi connectivity index (χ1v) is 8.99. The third-order valence-corrected chi connectivity index (χ3v) is 4.60. The van der Waals surface area contributed by atoms with Gasteiger partial charge in [-0.15, -0.1) is 24.0 Å². The van der Waals surface area contributed by atoms with Gasteiger partial charge in [-0.3, -0.25) is 0 Å². The first-order chi connectivity index (χ1) is 11.2. The first kappa shape index (κ1) is 19.3. The Labute approximate surface area is 162 Å². The number of aliphatic imine (C=N–C) groups is 1. The van der Waals surface area contributed by atoms with Gasteiger partial charge in [-0.05, 0) is 50.2 Å². The van der Waals surface area contributed by atoms with Crippen LogP contribution in [0, 0.1) is 5.92 Å². The van der Waals surface area contributed by atoms with Crippen molar-refractivity contribution in [3.63, 3.8) is 0 Å². The summed E-state index contributed by atoms with van der Waals surface area (Å²) in [5.74, 6) is 2.88. The minimum atomic E-state index is 0. The fourth-order valence-corrected chi connectivity index (χ4v) is 2.85. The maximum Gasteiger partial charge on any atom is 0.191 e. The summed E-state index contributed by atoms with van der Waals surface area (Å²) < 4.78 is 0. The van der Waals surface area contributed by atoms with Crippen molar-refractivity contribution in [2.75, 3.05) is 24.5 Å². The summed E-state index contributed by atoms with van der Waals surface area (Å²) in [5.41, 5.74) is 1.16. The predicted octanol–water partition coefficient (Wildman–Crippen LogP) is 3.15. The fourth-order valence-electron chi connectivity index (χ4n) is 2.85. The molecular weight excluding hydrogens is 413 g/mol. The number of anilines is 1. The number of halogens is 1. The van der Waals surface area contributed by atoms with E-state index >= 15 is 0 Å². The van der Waals surface area contributed by atoms with E-state index in [-0.39, 0.29) is 24.0 Å². The molecule has 1 saturated carbocycles. The second-order valence-corrected chi connectivity index (χ2v) is 6.81. The van der Waals surface area contributed by atoms with E-state index in [1.54, 1.807) is 0 Å². The van der Waals surface area contributed by atoms with E-state index in [0.717, 1.165) is 42.9 Å². The molecule has 2 heterocycles. The first-order valence-electron chi connectivity index (χ1n) is 8.99. The molecule has 134 valence electrons. The van der Waals surface area contributed by atoms with Crippen molar-refractivity contribution in [1.82, 2.24) is 15.6 Å². The van der Waals surface area contributed by atoms with E-state index in [0.29, 0.717) is 12.6 Å². The second-order valence-electron chi connectivity index (χ2n) is 6.81. The van der Waals surface area contributed by atoms with Crippen LogP contribution in [0.1, 0.15) is 45.1 Å². The summed E-state index contributed by atoms with van der Waals surface area (Å²) >= 11 is 0. The molecule has 1 saturated heterocycles. The van der Waals surface area contributed by atoms with E-state index in [9.17, 15) is 0 Å². The third-order valence-electron chi connectivity index (χ3n) is 4.60. The lowest BCUT2D eigenvalue weighted by molar-refractivity contribution is 0.436. The highest BCUT2D eigenvalue weighted by molar-refractivity contribution is 14.0. The van der Waals surface area contributed by atoms with Crippen molar-refractivity contribution in [3.05, 3.63) is 23.9 Å². The highest BCUT2D eigenvalue weighted by atomic mass is 127. The van der Waals surface area contributed by atoms with Gasteiger partial charge >= 0.3 is 0 Å². The van der Waals surface area contributed by atoms with Crippen LogP contribution in [-0.2, 0) is 6.54 Å². The SMILES string of the molecule is CCNC(=NCc1ccc(N2CCC(C)CC2)nc1)NC1CC1.I. The van der Waals surface area contributed by atoms with Gasteiger partial charge in [0.25, 0.3) is 0 Å². The Balaban J connectivity index is 0.00000208. The van der Waals surface area contributed by atoms with Gasteiger partial charge in [-0.25, -0.2) is 9.98 Å². The Morgan fingerprint density at radius 1 is 1.25 bits per heavy atom. The van der Waals surface area contributed by atoms with E-state index in [4.69, 9.17) is 0 Å². The molecule has 5 nitrogen and oxygen atoms in total. The maximum absolute atomic E-state index is 4.66. The van der Waals surface area contributed by atoms with Gasteiger partial charge in [-0.1, -0.05) is 13.0 Å². The molecule has 0 radical (unpaired) electrons. The summed E-state index contributed by atoms with van der Waals surface area (Å²) in [5, 5.41) is 6.74. The lowest BCUT2D eigenvalue weighted by Crippen LogP contribution is -2.38. The zero-order valence-corrected chi connectivity index (χ0v) is 17.1. The Morgan fingerprint density at radius 2 is 2.00 bits per heavy atom. The van der Waals surface area contributed by atoms with Gasteiger partial charge in [0.1, 0.15) is 5.82 Å². The molecule has 2 aliphatic rings. The van der Waals surface area contributed by atoms with E-state index in [1.807, 2.05) is 6.20 Å². The average molecular weight is 443 g/mol. The standard InChI is InChI=1S/C18H29N5.HI/c1-3-19-18(22-16-5-6-16)21-13-15-4-7-17(20-12-15)23-10-8-14(2)9-11-23;/h4,7,12,14,16H,3,5-6,8-11,13H2,1-2H3,(H2,19,21,22);1H. The fraction of sp³-hybridized carbons (Fsp3) is 0.667. The van der Waals surface area contributed by atoms with Gasteiger partial charge < -0.3 is 15.5 Å². The molecule has 0 spiro atoms. The van der Waals surface area contributed by atoms with Gasteiger partial charge in [0.15, 0.2) is 5.96 Å². The topological polar surface area (TPSA) is 52.6 Å². The highest BCUT2D eigenvalue weighted by Crippen LogP contribution is 2.21. The number of aromatic nitrogens is 1. The van der Waals surface area contributed by atoms with Crippen LogP contribution in [0.3, 0.4) is 0 Å². The summed E-state index contributed by atoms with van der Waals surface area (Å²) in [6, 6.07) is 4.92. The Bertz CT molecular complexity index is 519. The predicted molar refractivity (Wildman–Crippen MR) is 111 cm³/mol. The molecule has 2 fully saturated rings. The molecule has 6 heteroatoms. The van der Waals surface area contributed by atoms with E-state index in [1.165, 1.54) is 25.7 Å². The van der Waals surface area contributed by atoms with E-state index in [2.05, 4.69) is 51.5 Å². The number of nitrogens with one attached hydrogen (secondary N) is 2. The molecule has 0 amide bonds. The Morgan fingerprint density at radius 3 is 2.58 bits per heavy atom. The number of guanidine groups is 1. The van der Waals surface area contributed by atoms with E-state index < -0.39 is 0 Å². The van der Waals surface area contributed by atoms with Crippen LogP contribution in [0.25, 0.3) is 0 Å². The molecule has 3 rings (SSSR count). The molecule has 0 aromatic carbocycles. The smallest absolute Gasteiger partial charge is 0.191 e. The summed E-state index contributed by atoms with van der Waals surface area (Å²) in [7, 11) is 0. The largest absolute Gasteiger partial charge is 0.357 e. The Hall–Kier alpha value is -1.05. The van der Waals surface area contributed by atoms with Gasteiger partial charge in [0.05, 0.1) is 6.54 Å². The molecule has 2 N–H and O–H groups in total. The maximum atomic E-state index is 4.66. The van der Waals surface area contributed by atoms with Crippen molar-refractivity contribution in [2.24, 2.45) is 10.9 Å². The summed E-state index contributed by atoms with van der Waals surface area (Å²) in [6.45, 7) is 8.25. The second kappa shape index (κ2) is 9.44. The summed E-state index contributed by atoms with van der Waals surface area (Å²) in [6.07, 6.45) is 7.03. The van der Waals surface area contributed by atoms with Crippen LogP contribution in [0.5, 0.6) is 0 Å². The van der Waals surface area contributed by atoms with Gasteiger partial charge in [0, 0.05) is 31.9 Å². The molecule has 24 heavy (non-hydrogen) atoms. The number of hydrogen-bond donors (Lipinski definition) is 2. The zero-order chi connectivity index (χ0) is 16.1. The lowest BCUT2D eigenvalue weighted by atomic mass is 9.99. The van der Waals surface area contributed by atoms with Crippen molar-refractivity contribution in [3.8, 4) is 0 Å². The molecule has 1 aliphatic carbocycles. The van der Waals surface area contributed by atoms with Crippen LogP contribution in [0.4, 0.5) is 5.82 Å². The lowest BCUT2D eigenvalue weighted by Gasteiger charge is -2.31. The Kier molecular flexibility index (Phi) is 7.58. The minimum absolute atomic E-state index is 0. The monoisotopic (exact) mass is 443 g/mol. The van der Waals surface area contributed by atoms with Crippen molar-refractivity contribution >= 4 is 35.8 Å². The number of hydrogen-bond acceptors (Lipinski definition) is 3. The zero-order valence-electron chi connectivity index (χ0n) is 14.8. The molecule has 1 aromatic rings. The molecule has 1 aromatic heterocycles. The molecule has 0 bridgehead atoms. The highest BCUT2D eigenvalue weighted by Gasteiger charge is 2.22. The summed E-state index contributed by atoms with van der Waals surface area (Å²) in [4.78, 5) is 11.7. The third kappa shape index (κ3) is 5.79. The van der Waals surface area contributed by atoms with Gasteiger partial charge in [-0.2, -0.15) is 0 Å². The molecular formula is C18H30IN5. The van der Waals surface area contributed by atoms with Crippen molar-refractivity contribution < 1.29 is 0 Å². The molecule has 0 unspecified atom stereocenters. The van der Waals surface area contributed by atoms with Crippen molar-refractivity contribution in [1.29, 1.82) is 0 Å². The van der Waals surface area contributed by atoms with Crippen LogP contribution in [0.15, 0.2) is 23.3 Å². The van der Waals surface area contributed by atoms with Crippen LogP contribution in [-0.4, -0.2) is 36.6 Å². The normalized spacial score (nSPS) is 18.9. The van der Waals surface area contributed by atoms with Crippen LogP contribution < -0.4 is 15.5 Å². The van der Waals surface area contributed by atoms with Crippen molar-refractivity contribution in [2.45, 2.75) is 52.1 Å². The average Bonchev–Trinajstić information content (AvgIpc) is 3.38. The number of rotatable bonds is 5. The number of pyridine rings is 1. The number of nitrogens with zero attached hydrogens (tertiary/aromatic N) is 3. The molecule has 0 atom stereocenters. The van der Waals surface area contributed by atoms with Crippen LogP contribution in [0.2, 0.25) is 0 Å². The molecule has 1 aliphatic heterocycles.